The van der Waals surface area contributed by atoms with E-state index in [9.17, 15) is 28.1 Å². The van der Waals surface area contributed by atoms with Gasteiger partial charge in [0.1, 0.15) is 22.3 Å². The minimum atomic E-state index is -4.58. The third-order valence-corrected chi connectivity index (χ3v) is 4.34. The van der Waals surface area contributed by atoms with Crippen molar-refractivity contribution >= 4 is 10.1 Å². The van der Waals surface area contributed by atoms with Crippen LogP contribution in [0.5, 0.6) is 11.6 Å². The van der Waals surface area contributed by atoms with E-state index in [4.69, 9.17) is 4.74 Å². The van der Waals surface area contributed by atoms with Crippen molar-refractivity contribution in [2.75, 3.05) is 7.11 Å². The average Bonchev–Trinajstić information content (AvgIpc) is 2.53. The maximum absolute atomic E-state index is 12.0. The zero-order valence-electron chi connectivity index (χ0n) is 12.8. The Kier molecular flexibility index (Phi) is 4.64. The van der Waals surface area contributed by atoms with Crippen molar-refractivity contribution in [1.29, 1.82) is 5.26 Å². The molecule has 8 nitrogen and oxygen atoms in total. The highest BCUT2D eigenvalue weighted by atomic mass is 32.2. The molecule has 2 aromatic rings. The first-order chi connectivity index (χ1) is 11.2. The monoisotopic (exact) mass is 350 g/mol. The van der Waals surface area contributed by atoms with Gasteiger partial charge in [-0.2, -0.15) is 13.7 Å². The van der Waals surface area contributed by atoms with E-state index < -0.39 is 26.5 Å². The predicted molar refractivity (Wildman–Crippen MR) is 84.6 cm³/mol. The van der Waals surface area contributed by atoms with Gasteiger partial charge in [-0.15, -0.1) is 0 Å². The van der Waals surface area contributed by atoms with Crippen molar-refractivity contribution < 1.29 is 22.8 Å². The molecule has 0 fully saturated rings. The normalized spacial score (nSPS) is 11.1. The molecule has 0 amide bonds. The van der Waals surface area contributed by atoms with Crippen molar-refractivity contribution in [1.82, 2.24) is 4.57 Å². The van der Waals surface area contributed by atoms with E-state index >= 15 is 0 Å². The van der Waals surface area contributed by atoms with Crippen LogP contribution >= 0.6 is 0 Å². The number of pyridine rings is 1. The zero-order valence-corrected chi connectivity index (χ0v) is 13.7. The fourth-order valence-electron chi connectivity index (χ4n) is 2.32. The van der Waals surface area contributed by atoms with Gasteiger partial charge in [0.15, 0.2) is 0 Å². The number of benzene rings is 1. The number of ether oxygens (including phenoxy) is 1. The van der Waals surface area contributed by atoms with Crippen LogP contribution in [0.25, 0.3) is 11.1 Å². The summed E-state index contributed by atoms with van der Waals surface area (Å²) >= 11 is 0. The summed E-state index contributed by atoms with van der Waals surface area (Å²) in [5.74, 6) is -0.599. The Balaban J connectivity index is 2.84. The molecule has 0 aliphatic heterocycles. The maximum Gasteiger partial charge on any atom is 0.298 e. The molecular formula is C15H14N2O6S. The Morgan fingerprint density at radius 3 is 2.50 bits per heavy atom. The lowest BCUT2D eigenvalue weighted by molar-refractivity contribution is 0.397. The van der Waals surface area contributed by atoms with E-state index in [0.717, 1.165) is 16.7 Å². The molecule has 2 N–H and O–H groups in total. The summed E-state index contributed by atoms with van der Waals surface area (Å²) in [4.78, 5) is 11.5. The predicted octanol–water partition coefficient (Wildman–Crippen LogP) is 1.37. The van der Waals surface area contributed by atoms with E-state index in [1.807, 2.05) is 0 Å². The number of aromatic nitrogens is 1. The van der Waals surface area contributed by atoms with Gasteiger partial charge in [0, 0.05) is 18.2 Å². The molecule has 24 heavy (non-hydrogen) atoms. The van der Waals surface area contributed by atoms with Gasteiger partial charge < -0.3 is 9.84 Å². The zero-order chi connectivity index (χ0) is 18.1. The molecule has 0 spiro atoms. The highest BCUT2D eigenvalue weighted by Crippen LogP contribution is 2.33. The lowest BCUT2D eigenvalue weighted by Gasteiger charge is -2.13. The highest BCUT2D eigenvalue weighted by Gasteiger charge is 2.21. The van der Waals surface area contributed by atoms with Gasteiger partial charge in [0.2, 0.25) is 5.88 Å². The first kappa shape index (κ1) is 17.5. The Bertz CT molecular complexity index is 1000. The molecule has 0 bridgehead atoms. The largest absolute Gasteiger partial charge is 0.495 e. The molecule has 1 aromatic heterocycles. The van der Waals surface area contributed by atoms with E-state index in [0.29, 0.717) is 0 Å². The van der Waals surface area contributed by atoms with Crippen LogP contribution in [0.4, 0.5) is 0 Å². The van der Waals surface area contributed by atoms with Crippen LogP contribution in [0.3, 0.4) is 0 Å². The van der Waals surface area contributed by atoms with Crippen molar-refractivity contribution in [3.05, 3.63) is 40.2 Å². The highest BCUT2D eigenvalue weighted by molar-refractivity contribution is 7.86. The van der Waals surface area contributed by atoms with E-state index in [1.165, 1.54) is 19.2 Å². The first-order valence-corrected chi connectivity index (χ1v) is 8.21. The van der Waals surface area contributed by atoms with Gasteiger partial charge in [0.25, 0.3) is 15.7 Å². The van der Waals surface area contributed by atoms with Gasteiger partial charge in [-0.1, -0.05) is 6.07 Å². The quantitative estimate of drug-likeness (QED) is 0.796. The lowest BCUT2D eigenvalue weighted by atomic mass is 10.0. The molecule has 0 radical (unpaired) electrons. The third-order valence-electron chi connectivity index (χ3n) is 3.46. The van der Waals surface area contributed by atoms with E-state index in [-0.39, 0.29) is 29.0 Å². The fourth-order valence-corrected chi connectivity index (χ4v) is 3.00. The summed E-state index contributed by atoms with van der Waals surface area (Å²) in [7, 11) is -3.35. The fraction of sp³-hybridized carbons (Fsp3) is 0.200. The van der Waals surface area contributed by atoms with Crippen LogP contribution < -0.4 is 10.3 Å². The Morgan fingerprint density at radius 2 is 2.00 bits per heavy atom. The smallest absolute Gasteiger partial charge is 0.298 e. The minimum absolute atomic E-state index is 0.0530. The molecule has 9 heteroatoms. The minimum Gasteiger partial charge on any atom is -0.495 e. The van der Waals surface area contributed by atoms with E-state index in [1.54, 1.807) is 13.0 Å². The van der Waals surface area contributed by atoms with Crippen LogP contribution in [-0.2, 0) is 16.7 Å². The Labute approximate surface area is 137 Å². The molecule has 126 valence electrons. The lowest BCUT2D eigenvalue weighted by Crippen LogP contribution is -2.19. The summed E-state index contributed by atoms with van der Waals surface area (Å²) in [6.07, 6.45) is 0. The molecule has 0 saturated carbocycles. The summed E-state index contributed by atoms with van der Waals surface area (Å²) < 4.78 is 38.2. The van der Waals surface area contributed by atoms with E-state index in [2.05, 4.69) is 0 Å². The maximum atomic E-state index is 12.0. The second kappa shape index (κ2) is 6.35. The van der Waals surface area contributed by atoms with Crippen LogP contribution in [0.15, 0.2) is 34.0 Å². The SMILES string of the molecule is CCn1c(O)c(C#N)c(-c2ccc(OC)c(S(=O)(=O)O)c2)cc1=O. The van der Waals surface area contributed by atoms with Crippen LogP contribution in [0, 0.1) is 11.3 Å². The number of nitrogens with zero attached hydrogens (tertiary/aromatic N) is 2. The van der Waals surface area contributed by atoms with Gasteiger partial charge in [0.05, 0.1) is 7.11 Å². The van der Waals surface area contributed by atoms with Crippen molar-refractivity contribution in [3.8, 4) is 28.8 Å². The molecule has 0 atom stereocenters. The second-order valence-electron chi connectivity index (χ2n) is 4.79. The van der Waals surface area contributed by atoms with Gasteiger partial charge in [-0.3, -0.25) is 13.9 Å². The average molecular weight is 350 g/mol. The third kappa shape index (κ3) is 2.97. The summed E-state index contributed by atoms with van der Waals surface area (Å²) in [6, 6.07) is 6.68. The molecule has 0 saturated heterocycles. The second-order valence-corrected chi connectivity index (χ2v) is 6.18. The van der Waals surface area contributed by atoms with Crippen molar-refractivity contribution in [3.63, 3.8) is 0 Å². The molecule has 2 rings (SSSR count). The number of rotatable bonds is 4. The molecule has 1 aromatic carbocycles. The standard InChI is InChI=1S/C15H14N2O6S/c1-3-17-14(18)7-10(11(8-16)15(17)19)9-4-5-12(23-2)13(6-9)24(20,21)22/h4-7,19H,3H2,1-2H3,(H,20,21,22). The number of aromatic hydroxyl groups is 1. The van der Waals surface area contributed by atoms with Crippen LogP contribution in [0.1, 0.15) is 12.5 Å². The molecule has 1 heterocycles. The molecular weight excluding hydrogens is 336 g/mol. The Morgan fingerprint density at radius 1 is 1.33 bits per heavy atom. The first-order valence-electron chi connectivity index (χ1n) is 6.77. The van der Waals surface area contributed by atoms with Crippen molar-refractivity contribution in [2.24, 2.45) is 0 Å². The van der Waals surface area contributed by atoms with Crippen LogP contribution in [0.2, 0.25) is 0 Å². The van der Waals surface area contributed by atoms with Crippen LogP contribution in [-0.4, -0.2) is 29.8 Å². The molecule has 0 aliphatic rings. The number of nitriles is 1. The summed E-state index contributed by atoms with van der Waals surface area (Å²) in [5, 5.41) is 19.4. The number of hydrogen-bond acceptors (Lipinski definition) is 6. The molecule has 0 unspecified atom stereocenters. The van der Waals surface area contributed by atoms with Gasteiger partial charge in [-0.25, -0.2) is 0 Å². The number of hydrogen-bond donors (Lipinski definition) is 2. The topological polar surface area (TPSA) is 130 Å². The summed E-state index contributed by atoms with van der Waals surface area (Å²) in [5.41, 5.74) is -0.510. The molecule has 0 aliphatic carbocycles. The number of methoxy groups -OCH3 is 1. The van der Waals surface area contributed by atoms with Gasteiger partial charge >= 0.3 is 0 Å². The summed E-state index contributed by atoms with van der Waals surface area (Å²) in [6.45, 7) is 1.80. The van der Waals surface area contributed by atoms with Crippen molar-refractivity contribution in [2.45, 2.75) is 18.4 Å². The Hall–Kier alpha value is -2.83. The van der Waals surface area contributed by atoms with Gasteiger partial charge in [-0.05, 0) is 24.6 Å².